The average Bonchev–Trinajstić information content (AvgIpc) is 2.95. The van der Waals surface area contributed by atoms with Crippen molar-refractivity contribution in [2.75, 3.05) is 21.3 Å². The minimum Gasteiger partial charge on any atom is -1.00 e. The molecule has 0 radical (unpaired) electrons. The first-order chi connectivity index (χ1) is 18.8. The summed E-state index contributed by atoms with van der Waals surface area (Å²) in [5.41, 5.74) is 1.48. The van der Waals surface area contributed by atoms with Crippen LogP contribution in [0.2, 0.25) is 0 Å². The molecule has 1 aromatic carbocycles. The van der Waals surface area contributed by atoms with Crippen LogP contribution in [0.15, 0.2) is 108 Å². The highest BCUT2D eigenvalue weighted by atomic mass is 79.9. The predicted octanol–water partition coefficient (Wildman–Crippen LogP) is -2.85. The van der Waals surface area contributed by atoms with Crippen molar-refractivity contribution in [2.45, 2.75) is 25.6 Å². The number of carbonyl (C=O) groups is 2. The third-order valence-electron chi connectivity index (χ3n) is 6.48. The smallest absolute Gasteiger partial charge is 0.387 e. The van der Waals surface area contributed by atoms with E-state index >= 15 is 0 Å². The molecule has 1 aliphatic heterocycles. The van der Waals surface area contributed by atoms with Crippen molar-refractivity contribution in [3.63, 3.8) is 0 Å². The number of likely N-dealkylation sites (N-methyl/N-ethyl adjacent to an activating group) is 1. The molecule has 218 valence electrons. The van der Waals surface area contributed by atoms with E-state index in [1.807, 2.05) is 70.3 Å². The third kappa shape index (κ3) is 7.56. The van der Waals surface area contributed by atoms with E-state index in [0.717, 1.165) is 0 Å². The van der Waals surface area contributed by atoms with Crippen LogP contribution in [0.5, 0.6) is 5.75 Å². The first-order valence-corrected chi connectivity index (χ1v) is 12.1. The maximum atomic E-state index is 13.5. The Morgan fingerprint density at radius 2 is 1.22 bits per heavy atom. The number of ether oxygens (including phenoxy) is 3. The lowest BCUT2D eigenvalue weighted by molar-refractivity contribution is -0.693. The quantitative estimate of drug-likeness (QED) is 0.178. The molecule has 0 atom stereocenters. The Kier molecular flexibility index (Phi) is 12.6. The Morgan fingerprint density at radius 1 is 0.780 bits per heavy atom. The molecule has 8 nitrogen and oxygen atoms in total. The number of para-hydroxylation sites is 1. The topological polar surface area (TPSA) is 72.8 Å². The van der Waals surface area contributed by atoms with Gasteiger partial charge in [0.1, 0.15) is 5.75 Å². The SMILES string of the molecule is COC(=O)C1=C(C[n+]2ccccc2)N(C)C(C[n+]2ccccc2)=C(C(=O)OC)C1c1ccccc1OC(F)F.[Br-].[Br-]. The van der Waals surface area contributed by atoms with Gasteiger partial charge < -0.3 is 53.1 Å². The van der Waals surface area contributed by atoms with Crippen LogP contribution in [0.3, 0.4) is 0 Å². The van der Waals surface area contributed by atoms with Gasteiger partial charge >= 0.3 is 18.6 Å². The van der Waals surface area contributed by atoms with E-state index in [4.69, 9.17) is 14.2 Å². The molecular weight excluding hydrogens is 668 g/mol. The number of esters is 2. The number of methoxy groups -OCH3 is 2. The summed E-state index contributed by atoms with van der Waals surface area (Å²) in [6, 6.07) is 17.2. The molecule has 41 heavy (non-hydrogen) atoms. The number of hydrogen-bond acceptors (Lipinski definition) is 6. The number of halogens is 4. The van der Waals surface area contributed by atoms with E-state index in [0.29, 0.717) is 11.4 Å². The second kappa shape index (κ2) is 15.4. The van der Waals surface area contributed by atoms with Crippen LogP contribution in [-0.2, 0) is 32.2 Å². The molecule has 0 amide bonds. The predicted molar refractivity (Wildman–Crippen MR) is 135 cm³/mol. The fourth-order valence-electron chi connectivity index (χ4n) is 4.73. The number of aromatic nitrogens is 2. The molecule has 2 aromatic heterocycles. The van der Waals surface area contributed by atoms with Crippen LogP contribution in [0.1, 0.15) is 11.5 Å². The van der Waals surface area contributed by atoms with Gasteiger partial charge in [0, 0.05) is 36.9 Å². The lowest BCUT2D eigenvalue weighted by atomic mass is 9.78. The molecule has 0 saturated carbocycles. The Balaban J connectivity index is 0.00000294. The highest BCUT2D eigenvalue weighted by Crippen LogP contribution is 2.45. The van der Waals surface area contributed by atoms with Crippen LogP contribution in [-0.4, -0.2) is 44.7 Å². The van der Waals surface area contributed by atoms with Crippen LogP contribution in [0.25, 0.3) is 0 Å². The fourth-order valence-corrected chi connectivity index (χ4v) is 4.73. The van der Waals surface area contributed by atoms with Crippen molar-refractivity contribution in [2.24, 2.45) is 0 Å². The molecule has 1 aliphatic rings. The summed E-state index contributed by atoms with van der Waals surface area (Å²) < 4.78 is 45.9. The summed E-state index contributed by atoms with van der Waals surface area (Å²) in [5.74, 6) is -2.70. The van der Waals surface area contributed by atoms with Gasteiger partial charge in [-0.25, -0.2) is 9.59 Å². The van der Waals surface area contributed by atoms with E-state index in [2.05, 4.69) is 0 Å². The number of benzene rings is 1. The van der Waals surface area contributed by atoms with Crippen molar-refractivity contribution in [1.29, 1.82) is 0 Å². The largest absolute Gasteiger partial charge is 1.00 e. The Labute approximate surface area is 258 Å². The lowest BCUT2D eigenvalue weighted by Gasteiger charge is -2.36. The molecule has 0 aliphatic carbocycles. The number of hydrogen-bond donors (Lipinski definition) is 0. The summed E-state index contributed by atoms with van der Waals surface area (Å²) >= 11 is 0. The molecule has 4 rings (SSSR count). The van der Waals surface area contributed by atoms with Crippen molar-refractivity contribution < 1.29 is 75.7 Å². The molecule has 12 heteroatoms. The summed E-state index contributed by atoms with van der Waals surface area (Å²) in [4.78, 5) is 28.7. The first-order valence-electron chi connectivity index (χ1n) is 12.1. The third-order valence-corrected chi connectivity index (χ3v) is 6.48. The summed E-state index contributed by atoms with van der Waals surface area (Å²) in [7, 11) is 4.22. The number of nitrogens with zero attached hydrogens (tertiary/aromatic N) is 3. The van der Waals surface area contributed by atoms with Crippen LogP contribution in [0.4, 0.5) is 8.78 Å². The van der Waals surface area contributed by atoms with Gasteiger partial charge in [-0.2, -0.15) is 17.9 Å². The second-order valence-electron chi connectivity index (χ2n) is 8.71. The minimum atomic E-state index is -3.12. The lowest BCUT2D eigenvalue weighted by Crippen LogP contribution is -3.00. The number of carbonyl (C=O) groups excluding carboxylic acids is 2. The molecular formula is C29H29Br2F2N3O5. The first kappa shape index (κ1) is 33.6. The van der Waals surface area contributed by atoms with Gasteiger partial charge in [0.2, 0.25) is 0 Å². The molecule has 3 aromatic rings. The molecule has 0 bridgehead atoms. The Hall–Kier alpha value is -3.64. The summed E-state index contributed by atoms with van der Waals surface area (Å²) in [6.07, 6.45) is 7.35. The van der Waals surface area contributed by atoms with E-state index in [9.17, 15) is 18.4 Å². The normalized spacial score (nSPS) is 13.4. The highest BCUT2D eigenvalue weighted by molar-refractivity contribution is 6.00. The number of rotatable bonds is 9. The van der Waals surface area contributed by atoms with E-state index in [1.165, 1.54) is 20.3 Å². The van der Waals surface area contributed by atoms with E-state index in [-0.39, 0.29) is 69.5 Å². The van der Waals surface area contributed by atoms with E-state index in [1.54, 1.807) is 30.1 Å². The average molecular weight is 697 g/mol. The monoisotopic (exact) mass is 695 g/mol. The van der Waals surface area contributed by atoms with Gasteiger partial charge in [-0.15, -0.1) is 0 Å². The van der Waals surface area contributed by atoms with Gasteiger partial charge in [-0.3, -0.25) is 0 Å². The highest BCUT2D eigenvalue weighted by Gasteiger charge is 2.44. The van der Waals surface area contributed by atoms with Crippen molar-refractivity contribution >= 4 is 11.9 Å². The van der Waals surface area contributed by atoms with Gasteiger partial charge in [0.15, 0.2) is 37.9 Å². The van der Waals surface area contributed by atoms with Crippen molar-refractivity contribution in [3.05, 3.63) is 114 Å². The van der Waals surface area contributed by atoms with Gasteiger partial charge in [-0.05, 0) is 6.07 Å². The Bertz CT molecular complexity index is 1330. The Morgan fingerprint density at radius 3 is 1.63 bits per heavy atom. The zero-order chi connectivity index (χ0) is 27.9. The van der Waals surface area contributed by atoms with Crippen LogP contribution >= 0.6 is 0 Å². The number of alkyl halides is 2. The van der Waals surface area contributed by atoms with Crippen LogP contribution in [0, 0.1) is 0 Å². The number of pyridine rings is 2. The second-order valence-corrected chi connectivity index (χ2v) is 8.71. The number of allylic oxidation sites excluding steroid dienone is 2. The fraction of sp³-hybridized carbons (Fsp3) is 0.241. The summed E-state index contributed by atoms with van der Waals surface area (Å²) in [6.45, 7) is -2.66. The molecule has 0 N–H and O–H groups in total. The maximum absolute atomic E-state index is 13.5. The summed E-state index contributed by atoms with van der Waals surface area (Å²) in [5, 5.41) is 0. The molecule has 0 fully saturated rings. The minimum absolute atomic E-state index is 0. The zero-order valence-corrected chi connectivity index (χ0v) is 25.7. The molecule has 0 saturated heterocycles. The molecule has 3 heterocycles. The van der Waals surface area contributed by atoms with Crippen molar-refractivity contribution in [1.82, 2.24) is 4.90 Å². The van der Waals surface area contributed by atoms with Gasteiger partial charge in [0.25, 0.3) is 0 Å². The standard InChI is InChI=1S/C29H29F2N3O5.2BrH/c1-32-21(18-33-14-8-4-9-15-33)25(27(35)37-2)24(20-12-6-7-13-23(20)39-29(30)31)26(28(36)38-3)22(32)19-34-16-10-5-11-17-34;;/h4-17,24,29H,18-19H2,1-3H3;2*1H/q+2;;/p-2. The maximum Gasteiger partial charge on any atom is 0.387 e. The van der Waals surface area contributed by atoms with Gasteiger partial charge in [-0.1, -0.05) is 30.3 Å². The van der Waals surface area contributed by atoms with Crippen LogP contribution < -0.4 is 47.8 Å². The van der Waals surface area contributed by atoms with E-state index < -0.39 is 24.5 Å². The van der Waals surface area contributed by atoms with Gasteiger partial charge in [0.05, 0.1) is 42.7 Å². The zero-order valence-electron chi connectivity index (χ0n) is 22.5. The molecule has 0 spiro atoms. The molecule has 0 unspecified atom stereocenters. The van der Waals surface area contributed by atoms with Crippen molar-refractivity contribution in [3.8, 4) is 5.75 Å².